The zero-order chi connectivity index (χ0) is 19.9. The van der Waals surface area contributed by atoms with Gasteiger partial charge in [-0.15, -0.1) is 0 Å². The van der Waals surface area contributed by atoms with Gasteiger partial charge in [-0.05, 0) is 56.0 Å². The summed E-state index contributed by atoms with van der Waals surface area (Å²) in [4.78, 5) is 34.6. The van der Waals surface area contributed by atoms with E-state index in [1.165, 1.54) is 0 Å². The number of anilines is 1. The van der Waals surface area contributed by atoms with E-state index in [1.54, 1.807) is 24.5 Å². The molecule has 0 spiro atoms. The Kier molecular flexibility index (Phi) is 6.57. The van der Waals surface area contributed by atoms with Crippen molar-refractivity contribution in [3.8, 4) is 11.8 Å². The maximum absolute atomic E-state index is 12.6. The van der Waals surface area contributed by atoms with E-state index < -0.39 is 0 Å². The highest BCUT2D eigenvalue weighted by Gasteiger charge is 2.27. The number of amides is 2. The molecule has 1 N–H and O–H groups in total. The van der Waals surface area contributed by atoms with Gasteiger partial charge in [-0.3, -0.25) is 9.59 Å². The molecule has 0 atom stereocenters. The molecule has 7 heteroatoms. The topological polar surface area (TPSA) is 84.4 Å². The number of aromatic nitrogens is 2. The smallest absolute Gasteiger partial charge is 0.321 e. The maximum Gasteiger partial charge on any atom is 0.321 e. The van der Waals surface area contributed by atoms with E-state index in [4.69, 9.17) is 4.74 Å². The monoisotopic (exact) mass is 382 g/mol. The molecule has 1 fully saturated rings. The van der Waals surface area contributed by atoms with Crippen molar-refractivity contribution in [2.45, 2.75) is 39.5 Å². The summed E-state index contributed by atoms with van der Waals surface area (Å²) in [5.41, 5.74) is 1.66. The Hall–Kier alpha value is -2.96. The summed E-state index contributed by atoms with van der Waals surface area (Å²) in [6.07, 6.45) is 6.07. The lowest BCUT2D eigenvalue weighted by Gasteiger charge is -2.31. The van der Waals surface area contributed by atoms with Crippen molar-refractivity contribution in [2.24, 2.45) is 5.92 Å². The highest BCUT2D eigenvalue weighted by atomic mass is 16.5. The van der Waals surface area contributed by atoms with Gasteiger partial charge in [0, 0.05) is 43.5 Å². The summed E-state index contributed by atoms with van der Waals surface area (Å²) >= 11 is 0. The average Bonchev–Trinajstić information content (AvgIpc) is 2.71. The van der Waals surface area contributed by atoms with Gasteiger partial charge in [0.05, 0.1) is 0 Å². The second kappa shape index (κ2) is 9.30. The summed E-state index contributed by atoms with van der Waals surface area (Å²) < 4.78 is 5.62. The van der Waals surface area contributed by atoms with E-state index in [1.807, 2.05) is 30.9 Å². The van der Waals surface area contributed by atoms with Crippen molar-refractivity contribution in [2.75, 3.05) is 18.4 Å². The van der Waals surface area contributed by atoms with Crippen LogP contribution in [0.3, 0.4) is 0 Å². The number of hydrogen-bond acceptors (Lipinski definition) is 5. The van der Waals surface area contributed by atoms with Crippen molar-refractivity contribution in [1.29, 1.82) is 0 Å². The molecule has 0 unspecified atom stereocenters. The molecule has 0 bridgehead atoms. The molecule has 1 aliphatic heterocycles. The summed E-state index contributed by atoms with van der Waals surface area (Å²) in [7, 11) is 0. The molecule has 2 aromatic rings. The summed E-state index contributed by atoms with van der Waals surface area (Å²) in [6, 6.07) is 7.46. The molecule has 0 radical (unpaired) electrons. The van der Waals surface area contributed by atoms with E-state index in [2.05, 4.69) is 15.3 Å². The van der Waals surface area contributed by atoms with E-state index in [9.17, 15) is 9.59 Å². The van der Waals surface area contributed by atoms with Gasteiger partial charge < -0.3 is 15.0 Å². The van der Waals surface area contributed by atoms with Gasteiger partial charge in [-0.25, -0.2) is 9.97 Å². The Labute approximate surface area is 165 Å². The van der Waals surface area contributed by atoms with Gasteiger partial charge in [0.25, 0.3) is 0 Å². The first-order chi connectivity index (χ1) is 13.6. The Morgan fingerprint density at radius 3 is 2.57 bits per heavy atom. The lowest BCUT2D eigenvalue weighted by atomic mass is 9.95. The number of carbonyl (C=O) groups excluding carboxylic acids is 2. The van der Waals surface area contributed by atoms with Crippen molar-refractivity contribution < 1.29 is 14.3 Å². The molecule has 1 aromatic heterocycles. The van der Waals surface area contributed by atoms with Crippen LogP contribution in [0.4, 0.5) is 5.69 Å². The average molecular weight is 382 g/mol. The van der Waals surface area contributed by atoms with Gasteiger partial charge in [-0.2, -0.15) is 0 Å². The van der Waals surface area contributed by atoms with E-state index >= 15 is 0 Å². The number of carbonyl (C=O) groups is 2. The Morgan fingerprint density at radius 1 is 1.21 bits per heavy atom. The molecule has 1 aromatic carbocycles. The SMILES string of the molecule is CCCC(=O)N1CCC(C(=O)Nc2ccc(Oc3ncccn3)cc2C)CC1. The molecule has 7 nitrogen and oxygen atoms in total. The molecule has 1 saturated heterocycles. The van der Waals surface area contributed by atoms with E-state index in [0.29, 0.717) is 38.1 Å². The second-order valence-corrected chi connectivity index (χ2v) is 7.00. The Bertz CT molecular complexity index is 818. The fraction of sp³-hybridized carbons (Fsp3) is 0.429. The van der Waals surface area contributed by atoms with Crippen LogP contribution in [-0.2, 0) is 9.59 Å². The molecule has 3 rings (SSSR count). The van der Waals surface area contributed by atoms with Gasteiger partial charge in [0.15, 0.2) is 0 Å². The summed E-state index contributed by atoms with van der Waals surface area (Å²) in [5, 5.41) is 3.01. The van der Waals surface area contributed by atoms with Crippen LogP contribution in [0.25, 0.3) is 0 Å². The minimum absolute atomic E-state index is 0.00533. The molecule has 2 heterocycles. The Morgan fingerprint density at radius 2 is 1.93 bits per heavy atom. The number of aryl methyl sites for hydroxylation is 1. The van der Waals surface area contributed by atoms with Gasteiger partial charge >= 0.3 is 6.01 Å². The quantitative estimate of drug-likeness (QED) is 0.826. The van der Waals surface area contributed by atoms with Crippen LogP contribution in [-0.4, -0.2) is 39.8 Å². The summed E-state index contributed by atoms with van der Waals surface area (Å²) in [5.74, 6) is 0.740. The zero-order valence-electron chi connectivity index (χ0n) is 16.4. The van der Waals surface area contributed by atoms with Crippen LogP contribution in [0, 0.1) is 12.8 Å². The van der Waals surface area contributed by atoms with Crippen molar-refractivity contribution in [3.05, 3.63) is 42.2 Å². The third-order valence-corrected chi connectivity index (χ3v) is 4.89. The van der Waals surface area contributed by atoms with Crippen LogP contribution in [0.15, 0.2) is 36.7 Å². The first-order valence-corrected chi connectivity index (χ1v) is 9.71. The molecule has 148 valence electrons. The van der Waals surface area contributed by atoms with E-state index in [0.717, 1.165) is 17.7 Å². The number of hydrogen-bond donors (Lipinski definition) is 1. The minimum atomic E-state index is -0.0706. The largest absolute Gasteiger partial charge is 0.424 e. The normalized spacial score (nSPS) is 14.6. The van der Waals surface area contributed by atoms with Gasteiger partial charge in [-0.1, -0.05) is 6.92 Å². The van der Waals surface area contributed by atoms with Crippen molar-refractivity contribution >= 4 is 17.5 Å². The highest BCUT2D eigenvalue weighted by Crippen LogP contribution is 2.26. The fourth-order valence-corrected chi connectivity index (χ4v) is 3.28. The predicted octanol–water partition coefficient (Wildman–Crippen LogP) is 3.55. The number of ether oxygens (including phenoxy) is 1. The third kappa shape index (κ3) is 5.06. The van der Waals surface area contributed by atoms with Crippen molar-refractivity contribution in [1.82, 2.24) is 14.9 Å². The lowest BCUT2D eigenvalue weighted by Crippen LogP contribution is -2.41. The summed E-state index contributed by atoms with van der Waals surface area (Å²) in [6.45, 7) is 5.23. The van der Waals surface area contributed by atoms with Gasteiger partial charge in [0.2, 0.25) is 11.8 Å². The molecular formula is C21H26N4O3. The molecule has 28 heavy (non-hydrogen) atoms. The first-order valence-electron chi connectivity index (χ1n) is 9.71. The van der Waals surface area contributed by atoms with Crippen LogP contribution < -0.4 is 10.1 Å². The number of benzene rings is 1. The van der Waals surface area contributed by atoms with Crippen LogP contribution in [0.1, 0.15) is 38.2 Å². The van der Waals surface area contributed by atoms with Gasteiger partial charge in [0.1, 0.15) is 5.75 Å². The fourth-order valence-electron chi connectivity index (χ4n) is 3.28. The molecule has 2 amide bonds. The molecule has 1 aliphatic rings. The third-order valence-electron chi connectivity index (χ3n) is 4.89. The zero-order valence-corrected chi connectivity index (χ0v) is 16.4. The first kappa shape index (κ1) is 19.8. The number of rotatable bonds is 6. The number of nitrogens with one attached hydrogen (secondary N) is 1. The maximum atomic E-state index is 12.6. The number of likely N-dealkylation sites (tertiary alicyclic amines) is 1. The number of nitrogens with zero attached hydrogens (tertiary/aromatic N) is 3. The minimum Gasteiger partial charge on any atom is -0.424 e. The second-order valence-electron chi connectivity index (χ2n) is 7.00. The predicted molar refractivity (Wildman–Crippen MR) is 106 cm³/mol. The standard InChI is InChI=1S/C21H26N4O3/c1-3-5-19(26)25-12-8-16(9-13-25)20(27)24-18-7-6-17(14-15(18)2)28-21-22-10-4-11-23-21/h4,6-7,10-11,14,16H,3,5,8-9,12-13H2,1-2H3,(H,24,27). The van der Waals surface area contributed by atoms with Crippen LogP contribution in [0.2, 0.25) is 0 Å². The van der Waals surface area contributed by atoms with E-state index in [-0.39, 0.29) is 23.7 Å². The number of piperidine rings is 1. The molecule has 0 saturated carbocycles. The molecule has 0 aliphatic carbocycles. The van der Waals surface area contributed by atoms with Crippen LogP contribution in [0.5, 0.6) is 11.8 Å². The Balaban J connectivity index is 1.55. The van der Waals surface area contributed by atoms with Crippen molar-refractivity contribution in [3.63, 3.8) is 0 Å². The highest BCUT2D eigenvalue weighted by molar-refractivity contribution is 5.93. The van der Waals surface area contributed by atoms with Crippen LogP contribution >= 0.6 is 0 Å². The molecular weight excluding hydrogens is 356 g/mol. The lowest BCUT2D eigenvalue weighted by molar-refractivity contribution is -0.134.